The van der Waals surface area contributed by atoms with Crippen molar-refractivity contribution in [2.75, 3.05) is 23.7 Å². The van der Waals surface area contributed by atoms with Crippen molar-refractivity contribution in [3.63, 3.8) is 0 Å². The summed E-state index contributed by atoms with van der Waals surface area (Å²) in [6.07, 6.45) is 2.00. The van der Waals surface area contributed by atoms with Gasteiger partial charge in [-0.05, 0) is 18.2 Å². The summed E-state index contributed by atoms with van der Waals surface area (Å²) in [5, 5.41) is 19.4. The molecule has 10 heteroatoms. The van der Waals surface area contributed by atoms with Gasteiger partial charge in [-0.2, -0.15) is 0 Å². The van der Waals surface area contributed by atoms with E-state index in [2.05, 4.69) is 20.9 Å². The van der Waals surface area contributed by atoms with Crippen molar-refractivity contribution in [2.45, 2.75) is 6.10 Å². The number of amides is 2. The standard InChI is InChI=1S/C15H14Cl4N4O2/c16-8-1-9(17)3-10(2-8)23-15(25)22-5-11(24)4-21-14-12(18)6-20-7-13(14)19/h1-3,6-7,11,24H,4-5H2,(H,20,21)(H2,22,23,25). The largest absolute Gasteiger partial charge is 0.389 e. The van der Waals surface area contributed by atoms with E-state index in [0.717, 1.165) is 0 Å². The van der Waals surface area contributed by atoms with E-state index in [4.69, 9.17) is 46.4 Å². The van der Waals surface area contributed by atoms with Crippen LogP contribution in [-0.4, -0.2) is 35.3 Å². The third-order valence-corrected chi connectivity index (χ3v) is 4.00. The number of halogens is 4. The van der Waals surface area contributed by atoms with Crippen molar-refractivity contribution in [1.82, 2.24) is 10.3 Å². The number of nitrogens with one attached hydrogen (secondary N) is 3. The maximum atomic E-state index is 11.8. The minimum absolute atomic E-state index is 0.00739. The molecular formula is C15H14Cl4N4O2. The predicted octanol–water partition coefficient (Wildman–Crippen LogP) is 4.29. The van der Waals surface area contributed by atoms with E-state index < -0.39 is 12.1 Å². The molecule has 1 aromatic carbocycles. The molecule has 1 atom stereocenters. The molecule has 25 heavy (non-hydrogen) atoms. The van der Waals surface area contributed by atoms with Gasteiger partial charge in [0.25, 0.3) is 0 Å². The molecule has 4 N–H and O–H groups in total. The maximum Gasteiger partial charge on any atom is 0.319 e. The highest BCUT2D eigenvalue weighted by molar-refractivity contribution is 6.38. The van der Waals surface area contributed by atoms with Crippen LogP contribution < -0.4 is 16.0 Å². The third-order valence-electron chi connectivity index (χ3n) is 2.99. The highest BCUT2D eigenvalue weighted by Crippen LogP contribution is 2.28. The van der Waals surface area contributed by atoms with Crippen LogP contribution in [0.15, 0.2) is 30.6 Å². The third kappa shape index (κ3) is 6.41. The number of hydrogen-bond acceptors (Lipinski definition) is 4. The van der Waals surface area contributed by atoms with E-state index in [9.17, 15) is 9.90 Å². The molecule has 2 rings (SSSR count). The Morgan fingerprint density at radius 2 is 1.64 bits per heavy atom. The number of hydrogen-bond donors (Lipinski definition) is 4. The Kier molecular flexibility index (Phi) is 7.40. The minimum atomic E-state index is -0.867. The Bertz CT molecular complexity index is 720. The van der Waals surface area contributed by atoms with Crippen molar-refractivity contribution in [1.29, 1.82) is 0 Å². The van der Waals surface area contributed by atoms with Crippen LogP contribution >= 0.6 is 46.4 Å². The summed E-state index contributed by atoms with van der Waals surface area (Å²) in [6, 6.07) is 4.16. The Hall–Kier alpha value is -1.44. The summed E-state index contributed by atoms with van der Waals surface area (Å²) in [4.78, 5) is 15.7. The Morgan fingerprint density at radius 1 is 1.04 bits per heavy atom. The SMILES string of the molecule is O=C(NCC(O)CNc1c(Cl)cncc1Cl)Nc1cc(Cl)cc(Cl)c1. The van der Waals surface area contributed by atoms with Crippen LogP contribution in [0.4, 0.5) is 16.2 Å². The number of benzene rings is 1. The van der Waals surface area contributed by atoms with Gasteiger partial charge in [-0.1, -0.05) is 46.4 Å². The van der Waals surface area contributed by atoms with Gasteiger partial charge in [0.15, 0.2) is 0 Å². The van der Waals surface area contributed by atoms with Gasteiger partial charge in [-0.3, -0.25) is 4.98 Å². The summed E-state index contributed by atoms with van der Waals surface area (Å²) in [5.74, 6) is 0. The molecule has 1 aromatic heterocycles. The number of aliphatic hydroxyl groups excluding tert-OH is 1. The van der Waals surface area contributed by atoms with Gasteiger partial charge < -0.3 is 21.1 Å². The molecule has 0 bridgehead atoms. The lowest BCUT2D eigenvalue weighted by Gasteiger charge is -2.15. The lowest BCUT2D eigenvalue weighted by atomic mass is 10.3. The number of pyridine rings is 1. The molecule has 0 aliphatic rings. The normalized spacial score (nSPS) is 11.7. The molecule has 0 spiro atoms. The lowest BCUT2D eigenvalue weighted by Crippen LogP contribution is -2.38. The van der Waals surface area contributed by atoms with E-state index in [-0.39, 0.29) is 13.1 Å². The molecule has 0 radical (unpaired) electrons. The minimum Gasteiger partial charge on any atom is -0.389 e. The molecule has 0 aliphatic heterocycles. The second-order valence-electron chi connectivity index (χ2n) is 5.01. The topological polar surface area (TPSA) is 86.3 Å². The fourth-order valence-corrected chi connectivity index (χ4v) is 2.91. The molecule has 0 saturated heterocycles. The van der Waals surface area contributed by atoms with Crippen LogP contribution in [-0.2, 0) is 0 Å². The molecule has 0 fully saturated rings. The van der Waals surface area contributed by atoms with Gasteiger partial charge in [0.1, 0.15) is 0 Å². The number of nitrogens with zero attached hydrogens (tertiary/aromatic N) is 1. The number of aromatic nitrogens is 1. The summed E-state index contributed by atoms with van der Waals surface area (Å²) in [6.45, 7) is 0.139. The van der Waals surface area contributed by atoms with Crippen molar-refractivity contribution < 1.29 is 9.90 Å². The molecule has 2 aromatic rings. The highest BCUT2D eigenvalue weighted by atomic mass is 35.5. The maximum absolute atomic E-state index is 11.8. The molecule has 1 unspecified atom stereocenters. The number of anilines is 2. The van der Waals surface area contributed by atoms with Crippen LogP contribution in [0.2, 0.25) is 20.1 Å². The van der Waals surface area contributed by atoms with Gasteiger partial charge in [0, 0.05) is 41.2 Å². The van der Waals surface area contributed by atoms with Crippen LogP contribution in [0.25, 0.3) is 0 Å². The van der Waals surface area contributed by atoms with Crippen molar-refractivity contribution in [2.24, 2.45) is 0 Å². The molecule has 134 valence electrons. The zero-order valence-corrected chi connectivity index (χ0v) is 15.7. The average molecular weight is 424 g/mol. The van der Waals surface area contributed by atoms with Crippen molar-refractivity contribution in [3.05, 3.63) is 50.7 Å². The number of carbonyl (C=O) groups excluding carboxylic acids is 1. The average Bonchev–Trinajstić information content (AvgIpc) is 2.51. The predicted molar refractivity (Wildman–Crippen MR) is 102 cm³/mol. The fraction of sp³-hybridized carbons (Fsp3) is 0.200. The van der Waals surface area contributed by atoms with Crippen molar-refractivity contribution >= 4 is 63.8 Å². The smallest absolute Gasteiger partial charge is 0.319 e. The molecule has 1 heterocycles. The monoisotopic (exact) mass is 422 g/mol. The number of urea groups is 1. The zero-order valence-electron chi connectivity index (χ0n) is 12.7. The summed E-state index contributed by atoms with van der Waals surface area (Å²) in [5.41, 5.74) is 0.911. The molecule has 0 aliphatic carbocycles. The van der Waals surface area contributed by atoms with E-state index >= 15 is 0 Å². The van der Waals surface area contributed by atoms with Gasteiger partial charge in [0.05, 0.1) is 21.8 Å². The summed E-state index contributed by atoms with van der Waals surface area (Å²) >= 11 is 23.6. The highest BCUT2D eigenvalue weighted by Gasteiger charge is 2.11. The van der Waals surface area contributed by atoms with E-state index in [0.29, 0.717) is 31.5 Å². The first kappa shape index (κ1) is 19.9. The molecular weight excluding hydrogens is 410 g/mol. The van der Waals surface area contributed by atoms with E-state index in [1.807, 2.05) is 0 Å². The molecule has 0 saturated carbocycles. The number of carbonyl (C=O) groups is 1. The van der Waals surface area contributed by atoms with Crippen LogP contribution in [0.5, 0.6) is 0 Å². The van der Waals surface area contributed by atoms with Gasteiger partial charge in [-0.15, -0.1) is 0 Å². The number of rotatable bonds is 6. The number of aliphatic hydroxyl groups is 1. The molecule has 6 nitrogen and oxygen atoms in total. The fourth-order valence-electron chi connectivity index (χ4n) is 1.88. The second-order valence-corrected chi connectivity index (χ2v) is 6.69. The Morgan fingerprint density at radius 3 is 2.24 bits per heavy atom. The first-order valence-electron chi connectivity index (χ1n) is 7.07. The van der Waals surface area contributed by atoms with Crippen LogP contribution in [0, 0.1) is 0 Å². The second kappa shape index (κ2) is 9.31. The summed E-state index contributed by atoms with van der Waals surface area (Å²) in [7, 11) is 0. The zero-order chi connectivity index (χ0) is 18.4. The Balaban J connectivity index is 1.79. The Labute approximate surface area is 164 Å². The van der Waals surface area contributed by atoms with Crippen molar-refractivity contribution in [3.8, 4) is 0 Å². The first-order chi connectivity index (χ1) is 11.8. The lowest BCUT2D eigenvalue weighted by molar-refractivity contribution is 0.184. The van der Waals surface area contributed by atoms with Gasteiger partial charge in [0.2, 0.25) is 0 Å². The van der Waals surface area contributed by atoms with Crippen LogP contribution in [0.3, 0.4) is 0 Å². The van der Waals surface area contributed by atoms with Gasteiger partial charge >= 0.3 is 6.03 Å². The van der Waals surface area contributed by atoms with Gasteiger partial charge in [-0.25, -0.2) is 4.79 Å². The molecule has 2 amide bonds. The van der Waals surface area contributed by atoms with E-state index in [1.54, 1.807) is 18.2 Å². The quantitative estimate of drug-likeness (QED) is 0.558. The van der Waals surface area contributed by atoms with Crippen LogP contribution in [0.1, 0.15) is 0 Å². The summed E-state index contributed by atoms with van der Waals surface area (Å²) < 4.78 is 0. The first-order valence-corrected chi connectivity index (χ1v) is 8.58. The van der Waals surface area contributed by atoms with E-state index in [1.165, 1.54) is 12.4 Å².